The molecule has 2 amide bonds. The van der Waals surface area contributed by atoms with E-state index in [2.05, 4.69) is 10.6 Å². The average molecular weight is 871 g/mol. The Balaban J connectivity index is 1.56. The molecule has 0 spiro atoms. The lowest BCUT2D eigenvalue weighted by atomic mass is 10.0. The first-order chi connectivity index (χ1) is 28.3. The number of aryl methyl sites for hydroxylation is 3. The maximum absolute atomic E-state index is 14.4. The topological polar surface area (TPSA) is 232 Å². The Bertz CT molecular complexity index is 2330. The van der Waals surface area contributed by atoms with E-state index in [1.54, 1.807) is 51.2 Å². The molecule has 0 radical (unpaired) electrons. The number of carboxylic acids is 1. The number of carboxylic acid groups (broad SMARTS) is 1. The van der Waals surface area contributed by atoms with Gasteiger partial charge in [-0.2, -0.15) is 4.57 Å². The monoisotopic (exact) mass is 870 g/mol. The van der Waals surface area contributed by atoms with E-state index < -0.39 is 44.8 Å². The van der Waals surface area contributed by atoms with Crippen molar-refractivity contribution in [1.29, 1.82) is 0 Å². The summed E-state index contributed by atoms with van der Waals surface area (Å²) < 4.78 is 71.0. The van der Waals surface area contributed by atoms with Crippen LogP contribution in [0.3, 0.4) is 0 Å². The maximum Gasteiger partial charge on any atom is 0.345 e. The molecule has 16 nitrogen and oxygen atoms in total. The lowest BCUT2D eigenvalue weighted by Crippen LogP contribution is -2.53. The second-order valence-electron chi connectivity index (χ2n) is 15.4. The number of fused-ring (bicyclic) bond motifs is 2. The van der Waals surface area contributed by atoms with Crippen LogP contribution in [-0.2, 0) is 37.3 Å². The maximum atomic E-state index is 14.4. The number of carbonyl (C=O) groups excluding carboxylic acids is 3. The molecule has 1 heterocycles. The smallest absolute Gasteiger partial charge is 0.345 e. The van der Waals surface area contributed by atoms with Crippen molar-refractivity contribution in [2.45, 2.75) is 78.9 Å². The molecule has 0 saturated heterocycles. The Kier molecular flexibility index (Phi) is 17.1. The molecule has 0 aliphatic rings. The van der Waals surface area contributed by atoms with Crippen molar-refractivity contribution in [3.8, 4) is 11.5 Å². The number of hydrogen-bond acceptors (Lipinski definition) is 11. The first-order valence-electron chi connectivity index (χ1n) is 19.7. The lowest BCUT2D eigenvalue weighted by molar-refractivity contribution is -0.911. The van der Waals surface area contributed by atoms with Crippen LogP contribution in [0.2, 0.25) is 0 Å². The molecule has 326 valence electrons. The molecule has 18 heteroatoms. The van der Waals surface area contributed by atoms with Crippen molar-refractivity contribution < 1.29 is 64.5 Å². The van der Waals surface area contributed by atoms with Gasteiger partial charge in [-0.05, 0) is 75.6 Å². The van der Waals surface area contributed by atoms with Gasteiger partial charge in [0.05, 0.1) is 52.7 Å². The number of aliphatic carboxylic acids is 1. The molecular weight excluding hydrogens is 817 g/mol. The molecule has 0 aliphatic heterocycles. The molecule has 4 rings (SSSR count). The van der Waals surface area contributed by atoms with Gasteiger partial charge in [0.2, 0.25) is 16.9 Å². The number of benzene rings is 3. The Morgan fingerprint density at radius 1 is 0.900 bits per heavy atom. The van der Waals surface area contributed by atoms with E-state index in [-0.39, 0.29) is 73.4 Å². The number of rotatable bonds is 23. The van der Waals surface area contributed by atoms with Crippen LogP contribution in [0, 0.1) is 13.8 Å². The highest BCUT2D eigenvalue weighted by molar-refractivity contribution is 7.85. The highest BCUT2D eigenvalue weighted by atomic mass is 32.2. The van der Waals surface area contributed by atoms with Crippen molar-refractivity contribution >= 4 is 66.8 Å². The van der Waals surface area contributed by atoms with Gasteiger partial charge >= 0.3 is 11.9 Å². The summed E-state index contributed by atoms with van der Waals surface area (Å²) in [5.74, 6) is -2.14. The van der Waals surface area contributed by atoms with Gasteiger partial charge in [-0.1, -0.05) is 23.2 Å². The minimum atomic E-state index is -4.46. The van der Waals surface area contributed by atoms with Gasteiger partial charge in [0.15, 0.2) is 13.2 Å². The highest BCUT2D eigenvalue weighted by Crippen LogP contribution is 2.32. The predicted octanol–water partition coefficient (Wildman–Crippen LogP) is 4.00. The summed E-state index contributed by atoms with van der Waals surface area (Å²) in [5, 5.41) is 15.6. The van der Waals surface area contributed by atoms with Crippen LogP contribution in [-0.4, -0.2) is 106 Å². The van der Waals surface area contributed by atoms with Gasteiger partial charge in [-0.25, -0.2) is 13.2 Å². The summed E-state index contributed by atoms with van der Waals surface area (Å²) in [6, 6.07) is 15.9. The number of esters is 1. The summed E-state index contributed by atoms with van der Waals surface area (Å²) in [6.45, 7) is 8.61. The van der Waals surface area contributed by atoms with Crippen molar-refractivity contribution in [1.82, 2.24) is 10.6 Å². The van der Waals surface area contributed by atoms with Crippen molar-refractivity contribution in [3.63, 3.8) is 0 Å². The third kappa shape index (κ3) is 14.0. The van der Waals surface area contributed by atoms with E-state index in [1.807, 2.05) is 42.7 Å². The summed E-state index contributed by atoms with van der Waals surface area (Å²) in [6.07, 6.45) is 0.890. The van der Waals surface area contributed by atoms with Crippen LogP contribution in [0.15, 0.2) is 54.6 Å². The van der Waals surface area contributed by atoms with Gasteiger partial charge in [-0.15, -0.1) is 0 Å². The van der Waals surface area contributed by atoms with Crippen molar-refractivity contribution in [2.24, 2.45) is 0 Å². The van der Waals surface area contributed by atoms with E-state index >= 15 is 0 Å². The first-order valence-corrected chi connectivity index (χ1v) is 22.6. The van der Waals surface area contributed by atoms with Crippen LogP contribution in [0.4, 0.5) is 0 Å². The fourth-order valence-corrected chi connectivity index (χ4v) is 7.96. The quantitative estimate of drug-likeness (QED) is 0.0111. The Labute approximate surface area is 352 Å². The second-order valence-corrected chi connectivity index (χ2v) is 17.9. The average Bonchev–Trinajstić information content (AvgIpc) is 3.15. The Morgan fingerprint density at radius 2 is 1.57 bits per heavy atom. The van der Waals surface area contributed by atoms with Crippen molar-refractivity contribution in [2.75, 3.05) is 44.9 Å². The molecule has 0 aliphatic carbocycles. The summed E-state index contributed by atoms with van der Waals surface area (Å²) >= 11 is -2.21. The van der Waals surface area contributed by atoms with E-state index in [0.29, 0.717) is 75.7 Å². The number of carbonyl (C=O) groups is 4. The van der Waals surface area contributed by atoms with Crippen LogP contribution in [0.5, 0.6) is 11.5 Å². The third-order valence-corrected chi connectivity index (χ3v) is 11.3. The van der Waals surface area contributed by atoms with Crippen LogP contribution < -0.4 is 24.7 Å². The number of quaternary nitrogens is 1. The number of nitrogens with zero attached hydrogens (tertiary/aromatic N) is 2. The molecule has 2 atom stereocenters. The Hall–Kier alpha value is -5.01. The molecule has 0 bridgehead atoms. The highest BCUT2D eigenvalue weighted by Gasteiger charge is 2.28. The normalized spacial score (nSPS) is 13.2. The molecule has 1 aromatic heterocycles. The SMILES string of the molecule is Cc1cc(C(=O)NC[N+](C)(CCCNC(=O)CCCC(=O)O)CCCS(=O)(=O)[O-])cc(C)c1OC(=O)c1c2ccccc2[n+](CCCS(=O)[O-])c2ccc(OC(C)C)cc12. The number of pyridine rings is 1. The van der Waals surface area contributed by atoms with Crippen molar-refractivity contribution in [3.05, 3.63) is 76.9 Å². The fraction of sp³-hybridized carbons (Fsp3) is 0.452. The summed E-state index contributed by atoms with van der Waals surface area (Å²) in [4.78, 5) is 50.8. The first kappa shape index (κ1) is 47.7. The Morgan fingerprint density at radius 3 is 2.22 bits per heavy atom. The number of aromatic nitrogens is 1. The zero-order valence-electron chi connectivity index (χ0n) is 34.6. The molecule has 2 unspecified atom stereocenters. The van der Waals surface area contributed by atoms with Gasteiger partial charge < -0.3 is 38.8 Å². The largest absolute Gasteiger partial charge is 0.772 e. The lowest BCUT2D eigenvalue weighted by Gasteiger charge is -2.35. The zero-order valence-corrected chi connectivity index (χ0v) is 36.2. The standard InChI is InChI=1S/C42H54N4O12S2/c1-28(2)57-32-16-17-36-34(26-32)39(33-12-6-7-13-35(33)45(36)19-10-22-59(52)53)42(51)58-40-29(3)24-31(25-30(40)4)41(50)44-27-46(5,21-11-23-60(54,55)56)20-9-18-43-37(47)14-8-15-38(48)49/h6-7,12-13,16-17,24-26,28H,8-11,14-15,18-23,27H2,1-5H3,(H3-2,43,44,47,48,49,50,52,53,54,55,56). The minimum Gasteiger partial charge on any atom is -0.772 e. The number of para-hydroxylation sites is 1. The number of hydrogen-bond donors (Lipinski definition) is 3. The van der Waals surface area contributed by atoms with E-state index in [0.717, 1.165) is 0 Å². The van der Waals surface area contributed by atoms with E-state index in [1.165, 1.54) is 0 Å². The molecule has 3 aromatic carbocycles. The van der Waals surface area contributed by atoms with Gasteiger partial charge in [0, 0.05) is 67.9 Å². The molecule has 4 aromatic rings. The third-order valence-electron chi connectivity index (χ3n) is 9.88. The summed E-state index contributed by atoms with van der Waals surface area (Å²) in [5.41, 5.74) is 3.01. The number of amides is 2. The minimum absolute atomic E-state index is 0.0258. The molecule has 3 N–H and O–H groups in total. The van der Waals surface area contributed by atoms with Crippen LogP contribution >= 0.6 is 0 Å². The number of ether oxygens (including phenoxy) is 2. The van der Waals surface area contributed by atoms with E-state index in [4.69, 9.17) is 14.6 Å². The predicted molar refractivity (Wildman–Crippen MR) is 223 cm³/mol. The second kappa shape index (κ2) is 21.5. The van der Waals surface area contributed by atoms with Crippen LogP contribution in [0.25, 0.3) is 21.8 Å². The molecule has 0 saturated carbocycles. The van der Waals surface area contributed by atoms with E-state index in [9.17, 15) is 40.9 Å². The fourth-order valence-electron chi connectivity index (χ4n) is 7.11. The van der Waals surface area contributed by atoms with Crippen LogP contribution in [0.1, 0.15) is 84.2 Å². The number of nitrogens with one attached hydrogen (secondary N) is 2. The van der Waals surface area contributed by atoms with Gasteiger partial charge in [0.25, 0.3) is 5.91 Å². The molecular formula is C42H54N4O12S2. The van der Waals surface area contributed by atoms with Gasteiger partial charge in [0.1, 0.15) is 11.5 Å². The summed E-state index contributed by atoms with van der Waals surface area (Å²) in [7, 11) is -2.65. The molecule has 0 fully saturated rings. The zero-order chi connectivity index (χ0) is 44.2. The van der Waals surface area contributed by atoms with Gasteiger partial charge in [-0.3, -0.25) is 18.6 Å². The molecule has 60 heavy (non-hydrogen) atoms.